The molecule has 0 radical (unpaired) electrons. The van der Waals surface area contributed by atoms with Crippen molar-refractivity contribution in [2.24, 2.45) is 0 Å². The van der Waals surface area contributed by atoms with Crippen LogP contribution in [0.1, 0.15) is 10.5 Å². The number of para-hydroxylation sites is 1. The van der Waals surface area contributed by atoms with Crippen molar-refractivity contribution in [3.8, 4) is 0 Å². The molecule has 3 rings (SSSR count). The van der Waals surface area contributed by atoms with E-state index in [0.29, 0.717) is 27.1 Å². The normalized spacial score (nSPS) is 10.8. The average Bonchev–Trinajstić information content (AvgIpc) is 2.88. The second-order valence-corrected chi connectivity index (χ2v) is 5.42. The lowest BCUT2D eigenvalue weighted by Gasteiger charge is -2.06. The highest BCUT2D eigenvalue weighted by Crippen LogP contribution is 2.27. The summed E-state index contributed by atoms with van der Waals surface area (Å²) in [7, 11) is 0. The zero-order valence-corrected chi connectivity index (χ0v) is 12.3. The van der Waals surface area contributed by atoms with E-state index >= 15 is 0 Å². The van der Waals surface area contributed by atoms with E-state index in [1.165, 1.54) is 0 Å². The van der Waals surface area contributed by atoms with Crippen molar-refractivity contribution in [2.75, 3.05) is 11.1 Å². The number of aromatic nitrogens is 1. The van der Waals surface area contributed by atoms with Crippen molar-refractivity contribution in [3.63, 3.8) is 0 Å². The van der Waals surface area contributed by atoms with Crippen LogP contribution in [-0.2, 0) is 0 Å². The molecule has 0 atom stereocenters. The molecule has 0 aliphatic heterocycles. The summed E-state index contributed by atoms with van der Waals surface area (Å²) in [5, 5.41) is 4.51. The molecule has 2 aromatic carbocycles. The molecule has 1 amide bonds. The molecule has 0 bridgehead atoms. The molecule has 1 aromatic heterocycles. The van der Waals surface area contributed by atoms with E-state index in [1.807, 2.05) is 12.1 Å². The van der Waals surface area contributed by atoms with Crippen LogP contribution in [0.4, 0.5) is 11.4 Å². The van der Waals surface area contributed by atoms with E-state index in [2.05, 4.69) is 10.3 Å². The van der Waals surface area contributed by atoms with Crippen LogP contribution < -0.4 is 11.1 Å². The number of nitrogens with two attached hydrogens (primary N) is 1. The molecule has 1 heterocycles. The Morgan fingerprint density at radius 1 is 1.14 bits per heavy atom. The van der Waals surface area contributed by atoms with E-state index in [-0.39, 0.29) is 5.91 Å². The second-order valence-electron chi connectivity index (χ2n) is 4.57. The van der Waals surface area contributed by atoms with Crippen molar-refractivity contribution >= 4 is 51.4 Å². The van der Waals surface area contributed by atoms with Crippen molar-refractivity contribution in [1.29, 1.82) is 0 Å². The summed E-state index contributed by atoms with van der Waals surface area (Å²) in [6, 6.07) is 12.1. The van der Waals surface area contributed by atoms with E-state index in [1.54, 1.807) is 30.3 Å². The number of benzene rings is 2. The molecule has 106 valence electrons. The Morgan fingerprint density at radius 2 is 1.95 bits per heavy atom. The Labute approximate surface area is 130 Å². The van der Waals surface area contributed by atoms with Gasteiger partial charge in [-0.25, -0.2) is 0 Å². The number of anilines is 2. The number of carbonyl (C=O) groups excluding carboxylic acids is 1. The van der Waals surface area contributed by atoms with Crippen LogP contribution in [0.3, 0.4) is 0 Å². The molecule has 0 spiro atoms. The molecule has 3 aromatic rings. The molecule has 0 aliphatic carbocycles. The summed E-state index contributed by atoms with van der Waals surface area (Å²) >= 11 is 11.9. The predicted molar refractivity (Wildman–Crippen MR) is 87.1 cm³/mol. The number of halogens is 2. The van der Waals surface area contributed by atoms with Gasteiger partial charge in [-0.1, -0.05) is 35.3 Å². The maximum absolute atomic E-state index is 12.3. The van der Waals surface area contributed by atoms with E-state index in [9.17, 15) is 4.79 Å². The Balaban J connectivity index is 1.93. The lowest BCUT2D eigenvalue weighted by Crippen LogP contribution is -2.12. The Hall–Kier alpha value is -2.17. The molecule has 0 saturated carbocycles. The van der Waals surface area contributed by atoms with Gasteiger partial charge in [-0.2, -0.15) is 0 Å². The van der Waals surface area contributed by atoms with Crippen LogP contribution in [0, 0.1) is 0 Å². The lowest BCUT2D eigenvalue weighted by molar-refractivity contribution is 0.102. The maximum atomic E-state index is 12.3. The van der Waals surface area contributed by atoms with Gasteiger partial charge in [0.15, 0.2) is 0 Å². The minimum atomic E-state index is -0.310. The second kappa shape index (κ2) is 5.31. The molecule has 0 saturated heterocycles. The van der Waals surface area contributed by atoms with Crippen LogP contribution in [0.5, 0.6) is 0 Å². The number of amides is 1. The number of nitrogen functional groups attached to an aromatic ring is 1. The number of aromatic amines is 1. The van der Waals surface area contributed by atoms with Crippen LogP contribution in [0.2, 0.25) is 10.0 Å². The Kier molecular flexibility index (Phi) is 3.49. The highest BCUT2D eigenvalue weighted by molar-refractivity contribution is 6.35. The van der Waals surface area contributed by atoms with Crippen molar-refractivity contribution in [1.82, 2.24) is 4.98 Å². The van der Waals surface area contributed by atoms with Crippen LogP contribution in [0.15, 0.2) is 42.5 Å². The van der Waals surface area contributed by atoms with Crippen molar-refractivity contribution in [3.05, 3.63) is 58.2 Å². The fraction of sp³-hybridized carbons (Fsp3) is 0. The first-order valence-electron chi connectivity index (χ1n) is 6.18. The summed E-state index contributed by atoms with van der Waals surface area (Å²) in [6.45, 7) is 0. The van der Waals surface area contributed by atoms with Gasteiger partial charge in [0.05, 0.1) is 21.9 Å². The van der Waals surface area contributed by atoms with Gasteiger partial charge in [0.2, 0.25) is 0 Å². The van der Waals surface area contributed by atoms with Gasteiger partial charge < -0.3 is 16.0 Å². The van der Waals surface area contributed by atoms with Gasteiger partial charge in [-0.15, -0.1) is 0 Å². The topological polar surface area (TPSA) is 70.9 Å². The zero-order valence-electron chi connectivity index (χ0n) is 10.8. The molecule has 0 unspecified atom stereocenters. The average molecular weight is 320 g/mol. The standard InChI is InChI=1S/C15H11Cl2N3O/c16-9-4-5-10(17)12(7-9)20-15(21)13-6-8-2-1-3-11(18)14(8)19-13/h1-7,19H,18H2,(H,20,21). The first-order chi connectivity index (χ1) is 10.0. The SMILES string of the molecule is Nc1cccc2cc(C(=O)Nc3cc(Cl)ccc3Cl)[nH]c12. The van der Waals surface area contributed by atoms with E-state index < -0.39 is 0 Å². The number of H-pyrrole nitrogens is 1. The highest BCUT2D eigenvalue weighted by Gasteiger charge is 2.12. The lowest BCUT2D eigenvalue weighted by atomic mass is 10.2. The van der Waals surface area contributed by atoms with Gasteiger partial charge in [-0.05, 0) is 30.3 Å². The third-order valence-corrected chi connectivity index (χ3v) is 3.67. The van der Waals surface area contributed by atoms with Crippen LogP contribution in [-0.4, -0.2) is 10.9 Å². The predicted octanol–water partition coefficient (Wildman–Crippen LogP) is 4.31. The molecule has 21 heavy (non-hydrogen) atoms. The Bertz CT molecular complexity index is 842. The monoisotopic (exact) mass is 319 g/mol. The van der Waals surface area contributed by atoms with E-state index in [0.717, 1.165) is 10.9 Å². The first-order valence-corrected chi connectivity index (χ1v) is 6.94. The third-order valence-electron chi connectivity index (χ3n) is 3.11. The van der Waals surface area contributed by atoms with Gasteiger partial charge in [0.25, 0.3) is 5.91 Å². The van der Waals surface area contributed by atoms with Gasteiger partial charge in [-0.3, -0.25) is 4.79 Å². The molecule has 6 heteroatoms. The summed E-state index contributed by atoms with van der Waals surface area (Å²) in [6.07, 6.45) is 0. The van der Waals surface area contributed by atoms with Crippen molar-refractivity contribution in [2.45, 2.75) is 0 Å². The van der Waals surface area contributed by atoms with Crippen molar-refractivity contribution < 1.29 is 4.79 Å². The summed E-state index contributed by atoms with van der Waals surface area (Å²) < 4.78 is 0. The molecule has 4 nitrogen and oxygen atoms in total. The van der Waals surface area contributed by atoms with E-state index in [4.69, 9.17) is 28.9 Å². The molecular weight excluding hydrogens is 309 g/mol. The first kappa shape index (κ1) is 13.8. The fourth-order valence-corrected chi connectivity index (χ4v) is 2.42. The van der Waals surface area contributed by atoms with Crippen LogP contribution >= 0.6 is 23.2 Å². The zero-order chi connectivity index (χ0) is 15.0. The quantitative estimate of drug-likeness (QED) is 0.616. The summed E-state index contributed by atoms with van der Waals surface area (Å²) in [5.74, 6) is -0.310. The number of fused-ring (bicyclic) bond motifs is 1. The highest BCUT2D eigenvalue weighted by atomic mass is 35.5. The van der Waals surface area contributed by atoms with Gasteiger partial charge >= 0.3 is 0 Å². The van der Waals surface area contributed by atoms with Crippen LogP contribution in [0.25, 0.3) is 10.9 Å². The minimum Gasteiger partial charge on any atom is -0.397 e. The molecule has 0 aliphatic rings. The number of nitrogens with one attached hydrogen (secondary N) is 2. The maximum Gasteiger partial charge on any atom is 0.272 e. The Morgan fingerprint density at radius 3 is 2.71 bits per heavy atom. The van der Waals surface area contributed by atoms with Gasteiger partial charge in [0, 0.05) is 10.4 Å². The molecule has 4 N–H and O–H groups in total. The number of hydrogen-bond acceptors (Lipinski definition) is 2. The smallest absolute Gasteiger partial charge is 0.272 e. The minimum absolute atomic E-state index is 0.310. The molecule has 0 fully saturated rings. The summed E-state index contributed by atoms with van der Waals surface area (Å²) in [5.41, 5.74) is 8.05. The summed E-state index contributed by atoms with van der Waals surface area (Å²) in [4.78, 5) is 15.3. The number of hydrogen-bond donors (Lipinski definition) is 3. The van der Waals surface area contributed by atoms with Gasteiger partial charge in [0.1, 0.15) is 5.69 Å². The number of carbonyl (C=O) groups is 1. The largest absolute Gasteiger partial charge is 0.397 e. The third kappa shape index (κ3) is 2.68. The number of rotatable bonds is 2. The fourth-order valence-electron chi connectivity index (χ4n) is 2.08. The molecular formula is C15H11Cl2N3O.